The zero-order chi connectivity index (χ0) is 14.5. The molecule has 20 heavy (non-hydrogen) atoms. The summed E-state index contributed by atoms with van der Waals surface area (Å²) in [7, 11) is 1.65. The Balaban J connectivity index is 1.92. The molecule has 1 amide bonds. The van der Waals surface area contributed by atoms with Crippen LogP contribution in [0.5, 0.6) is 5.75 Å². The second-order valence-corrected chi connectivity index (χ2v) is 5.40. The Kier molecular flexibility index (Phi) is 5.01. The zero-order valence-corrected chi connectivity index (χ0v) is 12.5. The Labute approximate surface area is 120 Å². The van der Waals surface area contributed by atoms with Crippen molar-refractivity contribution in [2.24, 2.45) is 0 Å². The van der Waals surface area contributed by atoms with Crippen LogP contribution >= 0.6 is 0 Å². The van der Waals surface area contributed by atoms with Gasteiger partial charge in [-0.1, -0.05) is 19.1 Å². The molecule has 0 radical (unpaired) electrons. The molecule has 0 aromatic heterocycles. The third-order valence-electron chi connectivity index (χ3n) is 3.76. The number of nitrogens with zero attached hydrogens (tertiary/aromatic N) is 1. The molecule has 1 aliphatic rings. The number of hydrogen-bond donors (Lipinski definition) is 0. The summed E-state index contributed by atoms with van der Waals surface area (Å²) in [5.41, 5.74) is 1.17. The van der Waals surface area contributed by atoms with E-state index in [1.54, 1.807) is 7.11 Å². The lowest BCUT2D eigenvalue weighted by Gasteiger charge is -2.32. The van der Waals surface area contributed by atoms with Crippen LogP contribution in [0, 0.1) is 0 Å². The van der Waals surface area contributed by atoms with Gasteiger partial charge in [-0.2, -0.15) is 0 Å². The average Bonchev–Trinajstić information content (AvgIpc) is 2.47. The summed E-state index contributed by atoms with van der Waals surface area (Å²) in [5, 5.41) is 0. The number of methoxy groups -OCH3 is 1. The quantitative estimate of drug-likeness (QED) is 0.848. The van der Waals surface area contributed by atoms with Gasteiger partial charge < -0.3 is 14.4 Å². The average molecular weight is 277 g/mol. The largest absolute Gasteiger partial charge is 0.497 e. The van der Waals surface area contributed by atoms with E-state index >= 15 is 0 Å². The molecule has 4 heteroatoms. The van der Waals surface area contributed by atoms with Crippen LogP contribution in [0.25, 0.3) is 0 Å². The van der Waals surface area contributed by atoms with Gasteiger partial charge in [-0.3, -0.25) is 4.79 Å². The Morgan fingerprint density at radius 1 is 1.45 bits per heavy atom. The summed E-state index contributed by atoms with van der Waals surface area (Å²) in [4.78, 5) is 14.2. The number of carbonyl (C=O) groups excluding carboxylic acids is 1. The molecule has 1 aromatic rings. The van der Waals surface area contributed by atoms with Gasteiger partial charge in [0.15, 0.2) is 0 Å². The van der Waals surface area contributed by atoms with E-state index in [0.717, 1.165) is 5.75 Å². The van der Waals surface area contributed by atoms with E-state index in [0.29, 0.717) is 26.1 Å². The molecule has 0 N–H and O–H groups in total. The van der Waals surface area contributed by atoms with Crippen LogP contribution in [-0.2, 0) is 9.53 Å². The van der Waals surface area contributed by atoms with Crippen molar-refractivity contribution >= 4 is 5.91 Å². The van der Waals surface area contributed by atoms with E-state index in [-0.39, 0.29) is 17.9 Å². The van der Waals surface area contributed by atoms with Crippen LogP contribution in [0.2, 0.25) is 0 Å². The van der Waals surface area contributed by atoms with E-state index in [4.69, 9.17) is 9.47 Å². The number of amides is 1. The number of benzene rings is 1. The first-order valence-corrected chi connectivity index (χ1v) is 7.13. The molecule has 1 aromatic carbocycles. The monoisotopic (exact) mass is 277 g/mol. The minimum atomic E-state index is 0.143. The second-order valence-electron chi connectivity index (χ2n) is 5.40. The van der Waals surface area contributed by atoms with Gasteiger partial charge in [0.1, 0.15) is 5.75 Å². The van der Waals surface area contributed by atoms with E-state index in [9.17, 15) is 4.79 Å². The number of morpholine rings is 1. The summed E-state index contributed by atoms with van der Waals surface area (Å²) in [5.74, 6) is 1.27. The molecule has 2 rings (SSSR count). The lowest BCUT2D eigenvalue weighted by molar-refractivity contribution is -0.138. The van der Waals surface area contributed by atoms with Gasteiger partial charge in [0.25, 0.3) is 0 Å². The topological polar surface area (TPSA) is 38.8 Å². The Morgan fingerprint density at radius 2 is 2.15 bits per heavy atom. The SMILES string of the molecule is COc1ccc(C(C)CC(=O)N2CCOC(C)C2)cc1. The van der Waals surface area contributed by atoms with Crippen LogP contribution in [0.3, 0.4) is 0 Å². The molecule has 2 atom stereocenters. The molecule has 0 spiro atoms. The van der Waals surface area contributed by atoms with Crippen LogP contribution in [0.15, 0.2) is 24.3 Å². The molecule has 110 valence electrons. The molecule has 0 bridgehead atoms. The molecule has 1 fully saturated rings. The van der Waals surface area contributed by atoms with Gasteiger partial charge in [0.05, 0.1) is 19.8 Å². The first-order valence-electron chi connectivity index (χ1n) is 7.13. The number of ether oxygens (including phenoxy) is 2. The smallest absolute Gasteiger partial charge is 0.223 e. The third kappa shape index (κ3) is 3.73. The molecular formula is C16H23NO3. The maximum atomic E-state index is 12.3. The second kappa shape index (κ2) is 6.75. The number of carbonyl (C=O) groups is 1. The normalized spacial score (nSPS) is 20.6. The van der Waals surface area contributed by atoms with Crippen molar-refractivity contribution in [1.29, 1.82) is 0 Å². The van der Waals surface area contributed by atoms with E-state index in [1.807, 2.05) is 36.1 Å². The highest BCUT2D eigenvalue weighted by molar-refractivity contribution is 5.77. The molecule has 1 heterocycles. The van der Waals surface area contributed by atoms with Gasteiger partial charge in [0.2, 0.25) is 5.91 Å². The first kappa shape index (κ1) is 14.9. The van der Waals surface area contributed by atoms with Crippen molar-refractivity contribution in [3.8, 4) is 5.75 Å². The summed E-state index contributed by atoms with van der Waals surface area (Å²) < 4.78 is 10.6. The van der Waals surface area contributed by atoms with Crippen LogP contribution in [-0.4, -0.2) is 43.7 Å². The summed E-state index contributed by atoms with van der Waals surface area (Å²) in [6, 6.07) is 7.93. The minimum absolute atomic E-state index is 0.143. The lowest BCUT2D eigenvalue weighted by Crippen LogP contribution is -2.44. The standard InChI is InChI=1S/C16H23NO3/c1-12(14-4-6-15(19-3)7-5-14)10-16(18)17-8-9-20-13(2)11-17/h4-7,12-13H,8-11H2,1-3H3. The molecule has 1 saturated heterocycles. The van der Waals surface area contributed by atoms with Crippen LogP contribution in [0.4, 0.5) is 0 Å². The van der Waals surface area contributed by atoms with Crippen molar-refractivity contribution in [1.82, 2.24) is 4.90 Å². The van der Waals surface area contributed by atoms with Gasteiger partial charge in [-0.05, 0) is 30.5 Å². The van der Waals surface area contributed by atoms with E-state index < -0.39 is 0 Å². The molecule has 0 saturated carbocycles. The Morgan fingerprint density at radius 3 is 2.75 bits per heavy atom. The fourth-order valence-electron chi connectivity index (χ4n) is 2.49. The van der Waals surface area contributed by atoms with Crippen molar-refractivity contribution in [2.45, 2.75) is 32.3 Å². The van der Waals surface area contributed by atoms with Gasteiger partial charge in [0, 0.05) is 19.5 Å². The van der Waals surface area contributed by atoms with Crippen molar-refractivity contribution in [3.63, 3.8) is 0 Å². The summed E-state index contributed by atoms with van der Waals surface area (Å²) in [6.45, 7) is 6.15. The van der Waals surface area contributed by atoms with Gasteiger partial charge in [-0.25, -0.2) is 0 Å². The predicted molar refractivity (Wildman–Crippen MR) is 78.0 cm³/mol. The van der Waals surface area contributed by atoms with Gasteiger partial charge in [-0.15, -0.1) is 0 Å². The van der Waals surface area contributed by atoms with Crippen molar-refractivity contribution in [2.75, 3.05) is 26.8 Å². The van der Waals surface area contributed by atoms with E-state index in [1.165, 1.54) is 5.56 Å². The summed E-state index contributed by atoms with van der Waals surface area (Å²) >= 11 is 0. The van der Waals surface area contributed by atoms with Crippen molar-refractivity contribution in [3.05, 3.63) is 29.8 Å². The number of rotatable bonds is 4. The van der Waals surface area contributed by atoms with E-state index in [2.05, 4.69) is 6.92 Å². The molecular weight excluding hydrogens is 254 g/mol. The van der Waals surface area contributed by atoms with Crippen LogP contribution < -0.4 is 4.74 Å². The molecule has 1 aliphatic heterocycles. The highest BCUT2D eigenvalue weighted by Gasteiger charge is 2.23. The van der Waals surface area contributed by atoms with Crippen molar-refractivity contribution < 1.29 is 14.3 Å². The van der Waals surface area contributed by atoms with Gasteiger partial charge >= 0.3 is 0 Å². The molecule has 2 unspecified atom stereocenters. The fourth-order valence-corrected chi connectivity index (χ4v) is 2.49. The maximum absolute atomic E-state index is 12.3. The Hall–Kier alpha value is -1.55. The first-order chi connectivity index (χ1) is 9.60. The predicted octanol–water partition coefficient (Wildman–Crippen LogP) is 2.44. The zero-order valence-electron chi connectivity index (χ0n) is 12.5. The lowest BCUT2D eigenvalue weighted by atomic mass is 9.97. The Bertz CT molecular complexity index is 444. The summed E-state index contributed by atoms with van der Waals surface area (Å²) in [6.07, 6.45) is 0.683. The maximum Gasteiger partial charge on any atom is 0.223 e. The highest BCUT2D eigenvalue weighted by Crippen LogP contribution is 2.23. The van der Waals surface area contributed by atoms with Crippen LogP contribution in [0.1, 0.15) is 31.7 Å². The third-order valence-corrected chi connectivity index (χ3v) is 3.76. The fraction of sp³-hybridized carbons (Fsp3) is 0.562. The number of hydrogen-bond acceptors (Lipinski definition) is 3. The minimum Gasteiger partial charge on any atom is -0.497 e. The highest BCUT2D eigenvalue weighted by atomic mass is 16.5. The molecule has 0 aliphatic carbocycles. The molecule has 4 nitrogen and oxygen atoms in total.